The van der Waals surface area contributed by atoms with Gasteiger partial charge in [-0.2, -0.15) is 0 Å². The van der Waals surface area contributed by atoms with Crippen molar-refractivity contribution in [2.24, 2.45) is 0 Å². The van der Waals surface area contributed by atoms with Gasteiger partial charge in [0.15, 0.2) is 0 Å². The Bertz CT molecular complexity index is 438. The van der Waals surface area contributed by atoms with Gasteiger partial charge in [0, 0.05) is 12.4 Å². The highest BCUT2D eigenvalue weighted by Gasteiger charge is 2.22. The molecule has 2 aromatic rings. The number of hydrogen-bond acceptors (Lipinski definition) is 2. The van der Waals surface area contributed by atoms with Gasteiger partial charge < -0.3 is 9.20 Å². The number of carbonyl (C=O) groups is 1. The second-order valence-corrected chi connectivity index (χ2v) is 3.93. The Morgan fingerprint density at radius 1 is 1.43 bits per heavy atom. The maximum absolute atomic E-state index is 10.9. The van der Waals surface area contributed by atoms with Gasteiger partial charge in [-0.05, 0) is 26.0 Å². The molecule has 0 fully saturated rings. The van der Waals surface area contributed by atoms with Crippen molar-refractivity contribution >= 4 is 11.9 Å². The van der Waals surface area contributed by atoms with Crippen molar-refractivity contribution in [1.82, 2.24) is 9.38 Å². The fraction of sp³-hybridized carbons (Fsp3) is 0.273. The highest BCUT2D eigenvalue weighted by atomic mass is 16.1. The summed E-state index contributed by atoms with van der Waals surface area (Å²) >= 11 is 0. The van der Waals surface area contributed by atoms with Crippen molar-refractivity contribution in [3.63, 3.8) is 0 Å². The van der Waals surface area contributed by atoms with Crippen LogP contribution in [0.1, 0.15) is 19.5 Å². The van der Waals surface area contributed by atoms with Crippen LogP contribution >= 0.6 is 0 Å². The van der Waals surface area contributed by atoms with Crippen molar-refractivity contribution in [3.05, 3.63) is 36.3 Å². The lowest BCUT2D eigenvalue weighted by atomic mass is 9.92. The normalized spacial score (nSPS) is 11.9. The molecule has 2 heterocycles. The first-order valence-electron chi connectivity index (χ1n) is 4.54. The van der Waals surface area contributed by atoms with Crippen molar-refractivity contribution < 1.29 is 4.79 Å². The van der Waals surface area contributed by atoms with Crippen molar-refractivity contribution in [3.8, 4) is 0 Å². The molecular formula is C11H12N2O. The summed E-state index contributed by atoms with van der Waals surface area (Å²) in [5.74, 6) is 0. The van der Waals surface area contributed by atoms with Gasteiger partial charge in [-0.1, -0.05) is 6.07 Å². The number of nitrogens with zero attached hydrogens (tertiary/aromatic N) is 2. The Labute approximate surface area is 82.4 Å². The van der Waals surface area contributed by atoms with E-state index in [2.05, 4.69) is 4.98 Å². The molecule has 0 aromatic carbocycles. The molecule has 2 aromatic heterocycles. The van der Waals surface area contributed by atoms with Crippen LogP contribution in [-0.4, -0.2) is 15.7 Å². The molecule has 0 bridgehead atoms. The largest absolute Gasteiger partial charge is 0.307 e. The second kappa shape index (κ2) is 2.94. The molecule has 0 aliphatic carbocycles. The molecule has 0 aliphatic rings. The van der Waals surface area contributed by atoms with E-state index in [0.717, 1.165) is 17.6 Å². The van der Waals surface area contributed by atoms with Gasteiger partial charge in [-0.25, -0.2) is 4.98 Å². The first-order valence-corrected chi connectivity index (χ1v) is 4.54. The van der Waals surface area contributed by atoms with E-state index in [1.165, 1.54) is 0 Å². The first kappa shape index (κ1) is 8.94. The Kier molecular flexibility index (Phi) is 1.88. The molecule has 0 atom stereocenters. The summed E-state index contributed by atoms with van der Waals surface area (Å²) in [4.78, 5) is 15.2. The van der Waals surface area contributed by atoms with E-state index in [-0.39, 0.29) is 0 Å². The summed E-state index contributed by atoms with van der Waals surface area (Å²) < 4.78 is 1.92. The van der Waals surface area contributed by atoms with Crippen LogP contribution in [0.15, 0.2) is 30.6 Å². The zero-order valence-electron chi connectivity index (χ0n) is 8.27. The van der Waals surface area contributed by atoms with Gasteiger partial charge in [-0.15, -0.1) is 0 Å². The molecule has 3 nitrogen and oxygen atoms in total. The highest BCUT2D eigenvalue weighted by molar-refractivity contribution is 5.66. The Morgan fingerprint density at radius 2 is 2.21 bits per heavy atom. The van der Waals surface area contributed by atoms with Crippen LogP contribution in [0.3, 0.4) is 0 Å². The van der Waals surface area contributed by atoms with Crippen LogP contribution in [0.25, 0.3) is 5.65 Å². The maximum atomic E-state index is 10.9. The standard InChI is InChI=1S/C11H12N2O/c1-11(2,8-14)9-7-13-6-4-3-5-10(13)12-9/h3-8H,1-2H3. The molecule has 0 aliphatic heterocycles. The number of pyridine rings is 1. The zero-order chi connectivity index (χ0) is 10.2. The van der Waals surface area contributed by atoms with Gasteiger partial charge in [0.05, 0.1) is 11.1 Å². The summed E-state index contributed by atoms with van der Waals surface area (Å²) in [6.07, 6.45) is 4.74. The van der Waals surface area contributed by atoms with E-state index >= 15 is 0 Å². The van der Waals surface area contributed by atoms with Crippen LogP contribution in [-0.2, 0) is 10.2 Å². The predicted octanol–water partition coefficient (Wildman–Crippen LogP) is 1.81. The molecule has 0 amide bonds. The van der Waals surface area contributed by atoms with E-state index in [1.54, 1.807) is 0 Å². The number of aldehydes is 1. The number of rotatable bonds is 2. The Morgan fingerprint density at radius 3 is 2.86 bits per heavy atom. The smallest absolute Gasteiger partial charge is 0.137 e. The van der Waals surface area contributed by atoms with Gasteiger partial charge in [0.2, 0.25) is 0 Å². The average molecular weight is 188 g/mol. The minimum atomic E-state index is -0.508. The molecule has 0 saturated carbocycles. The van der Waals surface area contributed by atoms with Gasteiger partial charge in [0.1, 0.15) is 11.9 Å². The summed E-state index contributed by atoms with van der Waals surface area (Å²) in [6, 6.07) is 5.79. The van der Waals surface area contributed by atoms with Crippen LogP contribution in [0, 0.1) is 0 Å². The molecule has 72 valence electrons. The van der Waals surface area contributed by atoms with E-state index in [4.69, 9.17) is 0 Å². The van der Waals surface area contributed by atoms with E-state index in [1.807, 2.05) is 48.8 Å². The average Bonchev–Trinajstić information content (AvgIpc) is 2.61. The van der Waals surface area contributed by atoms with E-state index in [9.17, 15) is 4.79 Å². The molecule has 3 heteroatoms. The summed E-state index contributed by atoms with van der Waals surface area (Å²) in [5.41, 5.74) is 1.17. The molecule has 0 spiro atoms. The zero-order valence-corrected chi connectivity index (χ0v) is 8.27. The Hall–Kier alpha value is -1.64. The molecular weight excluding hydrogens is 176 g/mol. The third-order valence-electron chi connectivity index (χ3n) is 2.32. The molecule has 2 rings (SSSR count). The molecule has 0 N–H and O–H groups in total. The highest BCUT2D eigenvalue weighted by Crippen LogP contribution is 2.19. The van der Waals surface area contributed by atoms with Crippen molar-refractivity contribution in [1.29, 1.82) is 0 Å². The summed E-state index contributed by atoms with van der Waals surface area (Å²) in [6.45, 7) is 3.73. The third kappa shape index (κ3) is 1.31. The van der Waals surface area contributed by atoms with Crippen LogP contribution < -0.4 is 0 Å². The second-order valence-electron chi connectivity index (χ2n) is 3.93. The number of hydrogen-bond donors (Lipinski definition) is 0. The molecule has 0 saturated heterocycles. The fourth-order valence-electron chi connectivity index (χ4n) is 1.31. The van der Waals surface area contributed by atoms with Crippen LogP contribution in [0.2, 0.25) is 0 Å². The Balaban J connectivity index is 2.60. The third-order valence-corrected chi connectivity index (χ3v) is 2.32. The van der Waals surface area contributed by atoms with Crippen LogP contribution in [0.4, 0.5) is 0 Å². The lowest BCUT2D eigenvalue weighted by Crippen LogP contribution is -2.18. The monoisotopic (exact) mass is 188 g/mol. The van der Waals surface area contributed by atoms with Crippen LogP contribution in [0.5, 0.6) is 0 Å². The number of aromatic nitrogens is 2. The lowest BCUT2D eigenvalue weighted by Gasteiger charge is -2.11. The number of imidazole rings is 1. The van der Waals surface area contributed by atoms with Crippen molar-refractivity contribution in [2.45, 2.75) is 19.3 Å². The summed E-state index contributed by atoms with van der Waals surface area (Å²) in [7, 11) is 0. The fourth-order valence-corrected chi connectivity index (χ4v) is 1.31. The van der Waals surface area contributed by atoms with Gasteiger partial charge in [-0.3, -0.25) is 0 Å². The topological polar surface area (TPSA) is 34.4 Å². The van der Waals surface area contributed by atoms with Crippen molar-refractivity contribution in [2.75, 3.05) is 0 Å². The SMILES string of the molecule is CC(C)(C=O)c1cn2ccccc2n1. The number of carbonyl (C=O) groups excluding carboxylic acids is 1. The maximum Gasteiger partial charge on any atom is 0.137 e. The van der Waals surface area contributed by atoms with Gasteiger partial charge >= 0.3 is 0 Å². The first-order chi connectivity index (χ1) is 6.63. The van der Waals surface area contributed by atoms with E-state index < -0.39 is 5.41 Å². The molecule has 0 radical (unpaired) electrons. The van der Waals surface area contributed by atoms with E-state index in [0.29, 0.717) is 0 Å². The quantitative estimate of drug-likeness (QED) is 0.673. The lowest BCUT2D eigenvalue weighted by molar-refractivity contribution is -0.111. The number of fused-ring (bicyclic) bond motifs is 1. The molecule has 14 heavy (non-hydrogen) atoms. The van der Waals surface area contributed by atoms with Gasteiger partial charge in [0.25, 0.3) is 0 Å². The molecule has 0 unspecified atom stereocenters. The minimum absolute atomic E-state index is 0.508. The predicted molar refractivity (Wildman–Crippen MR) is 54.3 cm³/mol. The minimum Gasteiger partial charge on any atom is -0.307 e. The summed E-state index contributed by atoms with van der Waals surface area (Å²) in [5, 5.41) is 0.